The number of sulfonamides is 1. The number of hydrogen-bond acceptors (Lipinski definition) is 2. The highest BCUT2D eigenvalue weighted by Crippen LogP contribution is 2.43. The SMILES string of the molecule is C=C(CC)CC.CCC1(CC)CN1S(=O)(=O)c1ccc(C)cc1. The van der Waals surface area contributed by atoms with Crippen LogP contribution < -0.4 is 0 Å². The van der Waals surface area contributed by atoms with Gasteiger partial charge in [0.25, 0.3) is 0 Å². The number of benzene rings is 1. The van der Waals surface area contributed by atoms with E-state index in [9.17, 15) is 8.42 Å². The number of nitrogens with zero attached hydrogens (tertiary/aromatic N) is 1. The van der Waals surface area contributed by atoms with E-state index < -0.39 is 10.0 Å². The molecule has 1 aliphatic heterocycles. The molecule has 1 aromatic rings. The van der Waals surface area contributed by atoms with Crippen molar-refractivity contribution < 1.29 is 8.42 Å². The summed E-state index contributed by atoms with van der Waals surface area (Å²) in [5.74, 6) is 0. The molecule has 1 fully saturated rings. The van der Waals surface area contributed by atoms with Gasteiger partial charge in [-0.15, -0.1) is 0 Å². The molecule has 0 aromatic heterocycles. The third-order valence-electron chi connectivity index (χ3n) is 4.79. The first-order chi connectivity index (χ1) is 10.8. The van der Waals surface area contributed by atoms with E-state index in [2.05, 4.69) is 20.4 Å². The topological polar surface area (TPSA) is 37.1 Å². The molecule has 0 bridgehead atoms. The molecule has 1 aliphatic rings. The van der Waals surface area contributed by atoms with Crippen molar-refractivity contribution in [3.05, 3.63) is 42.0 Å². The molecule has 130 valence electrons. The number of aryl methyl sites for hydroxylation is 1. The van der Waals surface area contributed by atoms with Gasteiger partial charge in [0, 0.05) is 12.1 Å². The number of hydrogen-bond donors (Lipinski definition) is 0. The monoisotopic (exact) mass is 337 g/mol. The van der Waals surface area contributed by atoms with Crippen LogP contribution in [0.5, 0.6) is 0 Å². The lowest BCUT2D eigenvalue weighted by molar-refractivity contribution is 0.472. The van der Waals surface area contributed by atoms with Crippen molar-refractivity contribution in [1.82, 2.24) is 4.31 Å². The Kier molecular flexibility index (Phi) is 7.02. The zero-order chi connectivity index (χ0) is 17.7. The average Bonchev–Trinajstić information content (AvgIpc) is 3.31. The van der Waals surface area contributed by atoms with E-state index >= 15 is 0 Å². The summed E-state index contributed by atoms with van der Waals surface area (Å²) in [6.07, 6.45) is 4.04. The minimum absolute atomic E-state index is 0.121. The van der Waals surface area contributed by atoms with Gasteiger partial charge in [0.2, 0.25) is 10.0 Å². The van der Waals surface area contributed by atoms with E-state index in [4.69, 9.17) is 0 Å². The van der Waals surface area contributed by atoms with Gasteiger partial charge in [-0.1, -0.05) is 57.5 Å². The normalized spacial score (nSPS) is 18.7. The Morgan fingerprint density at radius 2 is 1.57 bits per heavy atom. The van der Waals surface area contributed by atoms with Crippen LogP contribution >= 0.6 is 0 Å². The maximum absolute atomic E-state index is 12.4. The van der Waals surface area contributed by atoms with Crippen molar-refractivity contribution in [3.63, 3.8) is 0 Å². The van der Waals surface area contributed by atoms with Crippen LogP contribution in [0.2, 0.25) is 0 Å². The maximum atomic E-state index is 12.4. The molecule has 0 spiro atoms. The molecule has 0 amide bonds. The van der Waals surface area contributed by atoms with E-state index in [0.717, 1.165) is 31.2 Å². The van der Waals surface area contributed by atoms with E-state index in [1.54, 1.807) is 16.4 Å². The minimum Gasteiger partial charge on any atom is -0.207 e. The van der Waals surface area contributed by atoms with E-state index in [1.165, 1.54) is 5.57 Å². The smallest absolute Gasteiger partial charge is 0.207 e. The molecular formula is C19H31NO2S. The van der Waals surface area contributed by atoms with Gasteiger partial charge in [-0.05, 0) is 44.7 Å². The van der Waals surface area contributed by atoms with Crippen molar-refractivity contribution in [2.75, 3.05) is 6.54 Å². The van der Waals surface area contributed by atoms with Gasteiger partial charge in [-0.2, -0.15) is 4.31 Å². The molecule has 1 unspecified atom stereocenters. The molecule has 1 atom stereocenters. The maximum Gasteiger partial charge on any atom is 0.243 e. The summed E-state index contributed by atoms with van der Waals surface area (Å²) in [7, 11) is -3.28. The van der Waals surface area contributed by atoms with Crippen LogP contribution in [0, 0.1) is 6.92 Å². The van der Waals surface area contributed by atoms with Gasteiger partial charge in [0.05, 0.1) is 4.90 Å². The second kappa shape index (κ2) is 8.11. The molecule has 0 aliphatic carbocycles. The molecule has 3 nitrogen and oxygen atoms in total. The Bertz CT molecular complexity index is 607. The quantitative estimate of drug-likeness (QED) is 0.546. The second-order valence-electron chi connectivity index (χ2n) is 6.21. The number of rotatable bonds is 6. The van der Waals surface area contributed by atoms with Crippen molar-refractivity contribution in [3.8, 4) is 0 Å². The lowest BCUT2D eigenvalue weighted by Crippen LogP contribution is -2.22. The van der Waals surface area contributed by atoms with Gasteiger partial charge < -0.3 is 0 Å². The van der Waals surface area contributed by atoms with Crippen LogP contribution in [0.1, 0.15) is 58.9 Å². The Morgan fingerprint density at radius 3 is 1.87 bits per heavy atom. The zero-order valence-electron chi connectivity index (χ0n) is 15.2. The van der Waals surface area contributed by atoms with Crippen molar-refractivity contribution in [1.29, 1.82) is 0 Å². The Balaban J connectivity index is 0.000000379. The van der Waals surface area contributed by atoms with Crippen LogP contribution in [0.3, 0.4) is 0 Å². The molecule has 1 saturated heterocycles. The van der Waals surface area contributed by atoms with Gasteiger partial charge >= 0.3 is 0 Å². The summed E-state index contributed by atoms with van der Waals surface area (Å²) in [4.78, 5) is 0.409. The summed E-state index contributed by atoms with van der Waals surface area (Å²) >= 11 is 0. The highest BCUT2D eigenvalue weighted by Gasteiger charge is 2.56. The van der Waals surface area contributed by atoms with Gasteiger partial charge in [0.1, 0.15) is 0 Å². The van der Waals surface area contributed by atoms with E-state index in [-0.39, 0.29) is 5.54 Å². The predicted molar refractivity (Wildman–Crippen MR) is 98.1 cm³/mol. The Hall–Kier alpha value is -1.13. The standard InChI is InChI=1S/C13H19NO2S.C6H12/c1-4-13(5-2)10-14(13)17(15,16)12-8-6-11(3)7-9-12;1-4-6(3)5-2/h6-9H,4-5,10H2,1-3H3;3-5H2,1-2H3. The fraction of sp³-hybridized carbons (Fsp3) is 0.579. The Labute approximate surface area is 142 Å². The van der Waals surface area contributed by atoms with Crippen LogP contribution in [-0.2, 0) is 10.0 Å². The van der Waals surface area contributed by atoms with E-state index in [1.807, 2.05) is 32.9 Å². The molecule has 1 aromatic carbocycles. The molecular weight excluding hydrogens is 306 g/mol. The molecule has 0 N–H and O–H groups in total. The fourth-order valence-electron chi connectivity index (χ4n) is 2.49. The van der Waals surface area contributed by atoms with Gasteiger partial charge in [-0.25, -0.2) is 8.42 Å². The van der Waals surface area contributed by atoms with Crippen molar-refractivity contribution in [2.24, 2.45) is 0 Å². The summed E-state index contributed by atoms with van der Waals surface area (Å²) in [5, 5.41) is 0. The van der Waals surface area contributed by atoms with Crippen molar-refractivity contribution >= 4 is 10.0 Å². The highest BCUT2D eigenvalue weighted by molar-refractivity contribution is 7.89. The first-order valence-electron chi connectivity index (χ1n) is 8.53. The predicted octanol–water partition coefficient (Wildman–Crippen LogP) is 4.92. The second-order valence-corrected chi connectivity index (χ2v) is 8.08. The minimum atomic E-state index is -3.28. The van der Waals surface area contributed by atoms with Crippen LogP contribution in [0.15, 0.2) is 41.3 Å². The summed E-state index contributed by atoms with van der Waals surface area (Å²) in [6, 6.07) is 7.07. The fourth-order valence-corrected chi connectivity index (χ4v) is 4.40. The summed E-state index contributed by atoms with van der Waals surface area (Å²) in [5.41, 5.74) is 2.30. The molecule has 1 heterocycles. The van der Waals surface area contributed by atoms with Crippen molar-refractivity contribution in [2.45, 2.75) is 70.7 Å². The third-order valence-corrected chi connectivity index (χ3v) is 6.75. The molecule has 0 saturated carbocycles. The highest BCUT2D eigenvalue weighted by atomic mass is 32.2. The lowest BCUT2D eigenvalue weighted by Gasteiger charge is -2.13. The van der Waals surface area contributed by atoms with Gasteiger partial charge in [-0.3, -0.25) is 0 Å². The van der Waals surface area contributed by atoms with Gasteiger partial charge in [0.15, 0.2) is 0 Å². The first kappa shape index (κ1) is 19.9. The summed E-state index contributed by atoms with van der Waals surface area (Å²) < 4.78 is 26.4. The van der Waals surface area contributed by atoms with E-state index in [0.29, 0.717) is 11.4 Å². The molecule has 4 heteroatoms. The van der Waals surface area contributed by atoms with Crippen LogP contribution in [0.4, 0.5) is 0 Å². The van der Waals surface area contributed by atoms with Crippen LogP contribution in [0.25, 0.3) is 0 Å². The third kappa shape index (κ3) is 4.67. The number of allylic oxidation sites excluding steroid dienone is 1. The molecule has 2 rings (SSSR count). The first-order valence-corrected chi connectivity index (χ1v) is 9.97. The largest absolute Gasteiger partial charge is 0.243 e. The average molecular weight is 338 g/mol. The Morgan fingerprint density at radius 1 is 1.09 bits per heavy atom. The van der Waals surface area contributed by atoms with Crippen LogP contribution in [-0.4, -0.2) is 24.8 Å². The summed E-state index contributed by atoms with van der Waals surface area (Å²) in [6.45, 7) is 14.8. The molecule has 23 heavy (non-hydrogen) atoms. The molecule has 0 radical (unpaired) electrons. The zero-order valence-corrected chi connectivity index (χ0v) is 16.0. The lowest BCUT2D eigenvalue weighted by atomic mass is 10.1.